The Morgan fingerprint density at radius 2 is 0.872 bits per heavy atom. The average molecular weight is 602 g/mol. The van der Waals surface area contributed by atoms with Crippen LogP contribution in [0.5, 0.6) is 0 Å². The van der Waals surface area contributed by atoms with Crippen molar-refractivity contribution in [3.05, 3.63) is 164 Å². The number of fused-ring (bicyclic) bond motifs is 5. The van der Waals surface area contributed by atoms with Crippen molar-refractivity contribution in [2.45, 2.75) is 0 Å². The van der Waals surface area contributed by atoms with Crippen LogP contribution in [0.2, 0.25) is 0 Å². The second-order valence-electron chi connectivity index (χ2n) is 11.6. The minimum absolute atomic E-state index is 0.614. The van der Waals surface area contributed by atoms with Crippen LogP contribution in [0, 0.1) is 0 Å². The summed E-state index contributed by atoms with van der Waals surface area (Å²) in [5, 5.41) is 4.12. The lowest BCUT2D eigenvalue weighted by atomic mass is 9.97. The second kappa shape index (κ2) is 11.2. The standard InChI is InChI=1S/C43H27N3O/c1-4-14-28(15-5-1)31-24-25-39-36(26-31)37-27-38(33-21-11-12-22-34(33)40(37)47-39)43-45-41(30-18-8-3-9-19-30)44-42(46-43)35-23-13-10-20-32(35)29-16-6-2-7-17-29/h1-27H. The minimum Gasteiger partial charge on any atom is -0.455 e. The van der Waals surface area contributed by atoms with E-state index in [0.717, 1.165) is 71.7 Å². The van der Waals surface area contributed by atoms with Crippen LogP contribution in [0.1, 0.15) is 0 Å². The summed E-state index contributed by atoms with van der Waals surface area (Å²) < 4.78 is 6.55. The predicted octanol–water partition coefficient (Wildman–Crippen LogP) is 11.3. The summed E-state index contributed by atoms with van der Waals surface area (Å²) in [6.45, 7) is 0. The Balaban J connectivity index is 1.32. The zero-order valence-corrected chi connectivity index (χ0v) is 25.3. The zero-order chi connectivity index (χ0) is 31.2. The van der Waals surface area contributed by atoms with E-state index >= 15 is 0 Å². The van der Waals surface area contributed by atoms with Gasteiger partial charge in [0.2, 0.25) is 0 Å². The highest BCUT2D eigenvalue weighted by Crippen LogP contribution is 2.41. The van der Waals surface area contributed by atoms with E-state index in [4.69, 9.17) is 19.4 Å². The summed E-state index contributed by atoms with van der Waals surface area (Å²) in [6.07, 6.45) is 0. The van der Waals surface area contributed by atoms with E-state index in [9.17, 15) is 0 Å². The molecule has 0 aliphatic heterocycles. The molecule has 2 heterocycles. The Hall–Kier alpha value is -6.39. The second-order valence-corrected chi connectivity index (χ2v) is 11.6. The number of hydrogen-bond acceptors (Lipinski definition) is 4. The summed E-state index contributed by atoms with van der Waals surface area (Å²) in [5.74, 6) is 1.87. The van der Waals surface area contributed by atoms with Gasteiger partial charge in [-0.15, -0.1) is 0 Å². The van der Waals surface area contributed by atoms with Gasteiger partial charge in [0.25, 0.3) is 0 Å². The monoisotopic (exact) mass is 601 g/mol. The molecule has 2 aromatic heterocycles. The zero-order valence-electron chi connectivity index (χ0n) is 25.3. The van der Waals surface area contributed by atoms with Gasteiger partial charge in [0.05, 0.1) is 0 Å². The van der Waals surface area contributed by atoms with E-state index in [2.05, 4.69) is 115 Å². The average Bonchev–Trinajstić information content (AvgIpc) is 3.53. The van der Waals surface area contributed by atoms with Gasteiger partial charge >= 0.3 is 0 Å². The first kappa shape index (κ1) is 27.0. The first-order valence-electron chi connectivity index (χ1n) is 15.7. The third-order valence-corrected chi connectivity index (χ3v) is 8.75. The quantitative estimate of drug-likeness (QED) is 0.197. The van der Waals surface area contributed by atoms with Crippen LogP contribution in [-0.2, 0) is 0 Å². The lowest BCUT2D eigenvalue weighted by molar-refractivity contribution is 0.673. The largest absolute Gasteiger partial charge is 0.455 e. The van der Waals surface area contributed by atoms with Crippen LogP contribution in [0.25, 0.3) is 89.1 Å². The van der Waals surface area contributed by atoms with E-state index in [0.29, 0.717) is 17.5 Å². The summed E-state index contributed by atoms with van der Waals surface area (Å²) in [6, 6.07) is 56.2. The summed E-state index contributed by atoms with van der Waals surface area (Å²) in [5.41, 5.74) is 9.00. The third kappa shape index (κ3) is 4.75. The maximum atomic E-state index is 6.55. The molecule has 0 spiro atoms. The van der Waals surface area contributed by atoms with Gasteiger partial charge in [-0.25, -0.2) is 15.0 Å². The fraction of sp³-hybridized carbons (Fsp3) is 0. The first-order chi connectivity index (χ1) is 23.3. The molecule has 220 valence electrons. The molecule has 0 unspecified atom stereocenters. The minimum atomic E-state index is 0.614. The van der Waals surface area contributed by atoms with Gasteiger partial charge in [-0.05, 0) is 45.8 Å². The number of benzene rings is 7. The Morgan fingerprint density at radius 3 is 1.60 bits per heavy atom. The van der Waals surface area contributed by atoms with Gasteiger partial charge in [0, 0.05) is 32.8 Å². The van der Waals surface area contributed by atoms with Crippen LogP contribution < -0.4 is 0 Å². The van der Waals surface area contributed by atoms with Crippen molar-refractivity contribution >= 4 is 32.7 Å². The van der Waals surface area contributed by atoms with Gasteiger partial charge in [-0.3, -0.25) is 0 Å². The molecule has 0 radical (unpaired) electrons. The molecule has 0 saturated carbocycles. The molecule has 0 atom stereocenters. The van der Waals surface area contributed by atoms with Gasteiger partial charge in [-0.1, -0.05) is 146 Å². The van der Waals surface area contributed by atoms with Gasteiger partial charge in [-0.2, -0.15) is 0 Å². The molecule has 9 rings (SSSR count). The number of aromatic nitrogens is 3. The molecule has 9 aromatic rings. The van der Waals surface area contributed by atoms with Crippen molar-refractivity contribution in [2.24, 2.45) is 0 Å². The summed E-state index contributed by atoms with van der Waals surface area (Å²) in [4.78, 5) is 15.4. The highest BCUT2D eigenvalue weighted by molar-refractivity contribution is 6.19. The topological polar surface area (TPSA) is 51.8 Å². The maximum absolute atomic E-state index is 6.55. The van der Waals surface area contributed by atoms with Crippen LogP contribution >= 0.6 is 0 Å². The van der Waals surface area contributed by atoms with Crippen molar-refractivity contribution in [1.29, 1.82) is 0 Å². The van der Waals surface area contributed by atoms with Crippen LogP contribution in [0.4, 0.5) is 0 Å². The molecule has 0 aliphatic carbocycles. The molecule has 47 heavy (non-hydrogen) atoms. The molecule has 0 bridgehead atoms. The van der Waals surface area contributed by atoms with Crippen molar-refractivity contribution in [3.63, 3.8) is 0 Å². The molecular formula is C43H27N3O. The lowest BCUT2D eigenvalue weighted by Gasteiger charge is -2.13. The lowest BCUT2D eigenvalue weighted by Crippen LogP contribution is -2.01. The fourth-order valence-corrected chi connectivity index (χ4v) is 6.47. The van der Waals surface area contributed by atoms with E-state index < -0.39 is 0 Å². The normalized spacial score (nSPS) is 11.4. The Bertz CT molecular complexity index is 2560. The highest BCUT2D eigenvalue weighted by atomic mass is 16.3. The first-order valence-corrected chi connectivity index (χ1v) is 15.7. The Labute approximate surface area is 271 Å². The summed E-state index contributed by atoms with van der Waals surface area (Å²) in [7, 11) is 0. The molecule has 0 aliphatic rings. The van der Waals surface area contributed by atoms with E-state index in [1.807, 2.05) is 48.5 Å². The van der Waals surface area contributed by atoms with Crippen molar-refractivity contribution in [1.82, 2.24) is 15.0 Å². The molecule has 4 heteroatoms. The molecule has 4 nitrogen and oxygen atoms in total. The van der Waals surface area contributed by atoms with Crippen LogP contribution in [0.15, 0.2) is 168 Å². The smallest absolute Gasteiger partial charge is 0.164 e. The van der Waals surface area contributed by atoms with Gasteiger partial charge < -0.3 is 4.42 Å². The van der Waals surface area contributed by atoms with Crippen molar-refractivity contribution in [3.8, 4) is 56.4 Å². The van der Waals surface area contributed by atoms with Gasteiger partial charge in [0.15, 0.2) is 17.5 Å². The molecule has 0 saturated heterocycles. The third-order valence-electron chi connectivity index (χ3n) is 8.75. The van der Waals surface area contributed by atoms with Crippen molar-refractivity contribution in [2.75, 3.05) is 0 Å². The molecule has 7 aromatic carbocycles. The SMILES string of the molecule is c1ccc(-c2ccc3oc4c5ccccc5c(-c5nc(-c6ccccc6)nc(-c6ccccc6-c6ccccc6)n5)cc4c3c2)cc1. The number of rotatable bonds is 5. The predicted molar refractivity (Wildman–Crippen MR) is 192 cm³/mol. The number of furan rings is 1. The Kier molecular flexibility index (Phi) is 6.43. The number of nitrogens with zero attached hydrogens (tertiary/aromatic N) is 3. The van der Waals surface area contributed by atoms with E-state index in [-0.39, 0.29) is 0 Å². The fourth-order valence-electron chi connectivity index (χ4n) is 6.47. The maximum Gasteiger partial charge on any atom is 0.164 e. The van der Waals surface area contributed by atoms with Crippen LogP contribution in [0.3, 0.4) is 0 Å². The highest BCUT2D eigenvalue weighted by Gasteiger charge is 2.20. The molecule has 0 fully saturated rings. The molecular weight excluding hydrogens is 574 g/mol. The molecule has 0 amide bonds. The van der Waals surface area contributed by atoms with Gasteiger partial charge in [0.1, 0.15) is 11.2 Å². The van der Waals surface area contributed by atoms with E-state index in [1.165, 1.54) is 0 Å². The molecule has 0 N–H and O–H groups in total. The van der Waals surface area contributed by atoms with Crippen molar-refractivity contribution < 1.29 is 4.42 Å². The summed E-state index contributed by atoms with van der Waals surface area (Å²) >= 11 is 0. The number of hydrogen-bond donors (Lipinski definition) is 0. The Morgan fingerprint density at radius 1 is 0.319 bits per heavy atom. The van der Waals surface area contributed by atoms with E-state index in [1.54, 1.807) is 0 Å². The van der Waals surface area contributed by atoms with Crippen LogP contribution in [-0.4, -0.2) is 15.0 Å².